The molecule has 2 aliphatic rings. The van der Waals surface area contributed by atoms with Crippen molar-refractivity contribution < 1.29 is 0 Å². The fourth-order valence-corrected chi connectivity index (χ4v) is 1.77. The first kappa shape index (κ1) is 7.36. The summed E-state index contributed by atoms with van der Waals surface area (Å²) < 4.78 is 0. The molecule has 0 bridgehead atoms. The lowest BCUT2D eigenvalue weighted by Crippen LogP contribution is -2.40. The van der Waals surface area contributed by atoms with Gasteiger partial charge in [0.2, 0.25) is 0 Å². The maximum absolute atomic E-state index is 3.30. The van der Waals surface area contributed by atoms with Gasteiger partial charge in [0.25, 0.3) is 0 Å². The fraction of sp³-hybridized carbons (Fsp3) is 1.00. The van der Waals surface area contributed by atoms with Gasteiger partial charge in [-0.15, -0.1) is 12.4 Å². The van der Waals surface area contributed by atoms with Crippen molar-refractivity contribution in [1.82, 2.24) is 5.32 Å². The van der Waals surface area contributed by atoms with E-state index in [1.54, 1.807) is 0 Å². The molecule has 2 fully saturated rings. The summed E-state index contributed by atoms with van der Waals surface area (Å²) in [6, 6.07) is 0.873. The zero-order chi connectivity index (χ0) is 5.61. The van der Waals surface area contributed by atoms with E-state index >= 15 is 0 Å². The van der Waals surface area contributed by atoms with Crippen LogP contribution in [0.15, 0.2) is 0 Å². The van der Waals surface area contributed by atoms with Crippen LogP contribution in [0, 0.1) is 5.41 Å². The normalized spacial score (nSPS) is 29.0. The molecule has 0 radical (unpaired) electrons. The number of hydrogen-bond donors (Lipinski definition) is 1. The van der Waals surface area contributed by atoms with Crippen LogP contribution in [-0.4, -0.2) is 13.1 Å². The molecule has 2 heteroatoms. The van der Waals surface area contributed by atoms with Crippen molar-refractivity contribution in [3.63, 3.8) is 0 Å². The lowest BCUT2D eigenvalue weighted by molar-refractivity contribution is 0.209. The minimum absolute atomic E-state index is 0. The van der Waals surface area contributed by atoms with Crippen LogP contribution in [-0.2, 0) is 0 Å². The fourth-order valence-electron chi connectivity index (χ4n) is 1.77. The van der Waals surface area contributed by atoms with Crippen LogP contribution in [0.4, 0.5) is 0 Å². The quantitative estimate of drug-likeness (QED) is 0.594. The summed E-state index contributed by atoms with van der Waals surface area (Å²) in [6.45, 7) is 0. The molecule has 0 heterocycles. The minimum atomic E-state index is 0. The van der Waals surface area contributed by atoms with Crippen molar-refractivity contribution >= 4 is 12.4 Å². The molecule has 2 aliphatic carbocycles. The summed E-state index contributed by atoms with van der Waals surface area (Å²) in [5.41, 5.74) is 0.883. The lowest BCUT2D eigenvalue weighted by atomic mass is 9.77. The molecule has 1 N–H and O–H groups in total. The van der Waals surface area contributed by atoms with Crippen molar-refractivity contribution in [3.8, 4) is 0 Å². The molecule has 0 unspecified atom stereocenters. The van der Waals surface area contributed by atoms with Gasteiger partial charge in [-0.3, -0.25) is 0 Å². The summed E-state index contributed by atoms with van der Waals surface area (Å²) >= 11 is 0. The van der Waals surface area contributed by atoms with E-state index in [4.69, 9.17) is 0 Å². The topological polar surface area (TPSA) is 12.0 Å². The Morgan fingerprint density at radius 1 is 1.33 bits per heavy atom. The van der Waals surface area contributed by atoms with Crippen molar-refractivity contribution in [1.29, 1.82) is 0 Å². The molecule has 0 saturated heterocycles. The number of halogens is 1. The van der Waals surface area contributed by atoms with Crippen molar-refractivity contribution in [2.75, 3.05) is 7.05 Å². The first-order valence-corrected chi connectivity index (χ1v) is 3.52. The first-order chi connectivity index (χ1) is 3.85. The molecule has 2 rings (SSSR count). The molecular formula is C7H14ClN. The van der Waals surface area contributed by atoms with Gasteiger partial charge < -0.3 is 5.32 Å². The second-order valence-corrected chi connectivity index (χ2v) is 3.39. The van der Waals surface area contributed by atoms with Crippen LogP contribution < -0.4 is 5.32 Å². The van der Waals surface area contributed by atoms with Crippen molar-refractivity contribution in [3.05, 3.63) is 0 Å². The summed E-state index contributed by atoms with van der Waals surface area (Å²) in [7, 11) is 2.07. The zero-order valence-electron chi connectivity index (χ0n) is 5.81. The van der Waals surface area contributed by atoms with Gasteiger partial charge in [0.1, 0.15) is 0 Å². The van der Waals surface area contributed by atoms with Gasteiger partial charge in [-0.2, -0.15) is 0 Å². The van der Waals surface area contributed by atoms with Crippen LogP contribution in [0.1, 0.15) is 25.7 Å². The second-order valence-electron chi connectivity index (χ2n) is 3.39. The van der Waals surface area contributed by atoms with E-state index in [0.29, 0.717) is 0 Å². The van der Waals surface area contributed by atoms with Gasteiger partial charge in [0.05, 0.1) is 0 Å². The highest BCUT2D eigenvalue weighted by Crippen LogP contribution is 2.60. The Bertz CT molecular complexity index is 101. The van der Waals surface area contributed by atoms with Crippen LogP contribution in [0.2, 0.25) is 0 Å². The van der Waals surface area contributed by atoms with Crippen LogP contribution in [0.25, 0.3) is 0 Å². The monoisotopic (exact) mass is 147 g/mol. The van der Waals surface area contributed by atoms with Crippen molar-refractivity contribution in [2.24, 2.45) is 5.41 Å². The highest BCUT2D eigenvalue weighted by Gasteiger charge is 2.52. The molecule has 0 aliphatic heterocycles. The summed E-state index contributed by atoms with van der Waals surface area (Å²) in [6.07, 6.45) is 5.96. The van der Waals surface area contributed by atoms with Gasteiger partial charge in [0.15, 0.2) is 0 Å². The van der Waals surface area contributed by atoms with E-state index < -0.39 is 0 Å². The third kappa shape index (κ3) is 1.08. The van der Waals surface area contributed by atoms with Gasteiger partial charge >= 0.3 is 0 Å². The Labute approximate surface area is 62.6 Å². The predicted molar refractivity (Wildman–Crippen MR) is 41.0 cm³/mol. The lowest BCUT2D eigenvalue weighted by Gasteiger charge is -2.35. The van der Waals surface area contributed by atoms with Crippen LogP contribution in [0.3, 0.4) is 0 Å². The number of hydrogen-bond acceptors (Lipinski definition) is 1. The predicted octanol–water partition coefficient (Wildman–Crippen LogP) is 1.57. The highest BCUT2D eigenvalue weighted by atomic mass is 35.5. The third-order valence-electron chi connectivity index (χ3n) is 2.72. The summed E-state index contributed by atoms with van der Waals surface area (Å²) in [5.74, 6) is 0. The standard InChI is InChI=1S/C7H13N.ClH/c1-8-6-4-7(5-6)2-3-7;/h6,8H,2-5H2,1H3;1H. The summed E-state index contributed by atoms with van der Waals surface area (Å²) in [5, 5.41) is 3.30. The van der Waals surface area contributed by atoms with E-state index in [0.717, 1.165) is 11.5 Å². The molecule has 1 nitrogen and oxygen atoms in total. The smallest absolute Gasteiger partial charge is 0.00746 e. The SMILES string of the molecule is CNC1CC2(CC2)C1.Cl. The molecule has 9 heavy (non-hydrogen) atoms. The average molecular weight is 148 g/mol. The zero-order valence-corrected chi connectivity index (χ0v) is 6.63. The third-order valence-corrected chi connectivity index (χ3v) is 2.72. The molecule has 54 valence electrons. The van der Waals surface area contributed by atoms with E-state index in [-0.39, 0.29) is 12.4 Å². The molecule has 0 aromatic carbocycles. The Morgan fingerprint density at radius 3 is 2.22 bits per heavy atom. The number of rotatable bonds is 1. The van der Waals surface area contributed by atoms with Crippen LogP contribution >= 0.6 is 12.4 Å². The van der Waals surface area contributed by atoms with E-state index in [9.17, 15) is 0 Å². The largest absolute Gasteiger partial charge is 0.317 e. The van der Waals surface area contributed by atoms with Gasteiger partial charge in [-0.25, -0.2) is 0 Å². The van der Waals surface area contributed by atoms with Gasteiger partial charge in [-0.05, 0) is 38.1 Å². The molecule has 0 aromatic heterocycles. The Hall–Kier alpha value is 0.250. The maximum atomic E-state index is 3.30. The van der Waals surface area contributed by atoms with Gasteiger partial charge in [-0.1, -0.05) is 0 Å². The maximum Gasteiger partial charge on any atom is 0.00746 e. The van der Waals surface area contributed by atoms with Crippen LogP contribution in [0.5, 0.6) is 0 Å². The van der Waals surface area contributed by atoms with E-state index in [1.165, 1.54) is 25.7 Å². The molecule has 0 amide bonds. The highest BCUT2D eigenvalue weighted by molar-refractivity contribution is 5.85. The van der Waals surface area contributed by atoms with E-state index in [2.05, 4.69) is 12.4 Å². The summed E-state index contributed by atoms with van der Waals surface area (Å²) in [4.78, 5) is 0. The molecule has 0 aromatic rings. The second kappa shape index (κ2) is 2.14. The Morgan fingerprint density at radius 2 is 1.89 bits per heavy atom. The molecular weight excluding hydrogens is 134 g/mol. The Balaban J connectivity index is 0.000000405. The molecule has 2 saturated carbocycles. The average Bonchev–Trinajstić information content (AvgIpc) is 2.38. The molecule has 1 spiro atoms. The molecule has 0 atom stereocenters. The van der Waals surface area contributed by atoms with Gasteiger partial charge in [0, 0.05) is 6.04 Å². The minimum Gasteiger partial charge on any atom is -0.317 e. The first-order valence-electron chi connectivity index (χ1n) is 3.52. The van der Waals surface area contributed by atoms with Crippen molar-refractivity contribution in [2.45, 2.75) is 31.7 Å². The Kier molecular flexibility index (Phi) is 1.75. The van der Waals surface area contributed by atoms with E-state index in [1.807, 2.05) is 0 Å². The number of nitrogens with one attached hydrogen (secondary N) is 1.